The number of piperidine rings is 1. The van der Waals surface area contributed by atoms with Crippen molar-refractivity contribution in [1.82, 2.24) is 4.90 Å². The largest absolute Gasteiger partial charge is 0.496 e. The lowest BCUT2D eigenvalue weighted by Crippen LogP contribution is -2.39. The first kappa shape index (κ1) is 17.3. The smallest absolute Gasteiger partial charge is 0.254 e. The molecule has 0 aromatic heterocycles. The lowest BCUT2D eigenvalue weighted by molar-refractivity contribution is -0.126. The van der Waals surface area contributed by atoms with Crippen LogP contribution in [0.3, 0.4) is 0 Å². The van der Waals surface area contributed by atoms with Crippen molar-refractivity contribution < 1.29 is 9.53 Å². The number of nitrogens with zero attached hydrogens (tertiary/aromatic N) is 1. The molecule has 1 fully saturated rings. The van der Waals surface area contributed by atoms with Crippen LogP contribution in [0.4, 0.5) is 0 Å². The molecule has 0 N–H and O–H groups in total. The number of hydrogen-bond acceptors (Lipinski definition) is 2. The number of ether oxygens (including phenoxy) is 1. The molecule has 1 saturated heterocycles. The van der Waals surface area contributed by atoms with Crippen LogP contribution in [-0.2, 0) is 4.79 Å². The molecule has 0 aliphatic carbocycles. The van der Waals surface area contributed by atoms with Crippen molar-refractivity contribution in [3.05, 3.63) is 65.7 Å². The van der Waals surface area contributed by atoms with Gasteiger partial charge in [-0.05, 0) is 36.5 Å². The van der Waals surface area contributed by atoms with Gasteiger partial charge in [0.15, 0.2) is 0 Å². The number of amides is 1. The van der Waals surface area contributed by atoms with E-state index in [0.717, 1.165) is 42.0 Å². The summed E-state index contributed by atoms with van der Waals surface area (Å²) < 4.78 is 5.45. The molecular formula is C22H25NO2. The first-order valence-electron chi connectivity index (χ1n) is 8.88. The third kappa shape index (κ3) is 4.11. The van der Waals surface area contributed by atoms with E-state index < -0.39 is 0 Å². The number of methoxy groups -OCH3 is 1. The van der Waals surface area contributed by atoms with Gasteiger partial charge in [0, 0.05) is 24.2 Å². The zero-order chi connectivity index (χ0) is 17.6. The Morgan fingerprint density at radius 2 is 1.84 bits per heavy atom. The van der Waals surface area contributed by atoms with Crippen LogP contribution in [-0.4, -0.2) is 31.0 Å². The Morgan fingerprint density at radius 3 is 2.56 bits per heavy atom. The zero-order valence-corrected chi connectivity index (χ0v) is 14.9. The maximum atomic E-state index is 13.3. The predicted octanol–water partition coefficient (Wildman–Crippen LogP) is 4.49. The number of rotatable bonds is 4. The molecular weight excluding hydrogens is 310 g/mol. The van der Waals surface area contributed by atoms with E-state index in [1.807, 2.05) is 65.6 Å². The van der Waals surface area contributed by atoms with Gasteiger partial charge in [0.05, 0.1) is 7.11 Å². The first-order valence-corrected chi connectivity index (χ1v) is 8.88. The van der Waals surface area contributed by atoms with Crippen LogP contribution in [0.5, 0.6) is 5.75 Å². The van der Waals surface area contributed by atoms with E-state index in [4.69, 9.17) is 4.74 Å². The van der Waals surface area contributed by atoms with Crippen LogP contribution < -0.4 is 4.74 Å². The highest BCUT2D eigenvalue weighted by atomic mass is 16.5. The molecule has 2 aromatic carbocycles. The van der Waals surface area contributed by atoms with E-state index in [9.17, 15) is 4.79 Å². The van der Waals surface area contributed by atoms with Crippen molar-refractivity contribution in [2.75, 3.05) is 20.2 Å². The summed E-state index contributed by atoms with van der Waals surface area (Å²) in [6.07, 6.45) is 4.22. The molecule has 1 aliphatic rings. The van der Waals surface area contributed by atoms with Gasteiger partial charge in [0.25, 0.3) is 5.91 Å². The minimum Gasteiger partial charge on any atom is -0.496 e. The van der Waals surface area contributed by atoms with Gasteiger partial charge in [-0.15, -0.1) is 0 Å². The highest BCUT2D eigenvalue weighted by molar-refractivity contribution is 6.24. The fraction of sp³-hybridized carbons (Fsp3) is 0.318. The molecule has 0 radical (unpaired) electrons. The molecule has 2 aromatic rings. The molecule has 1 aliphatic heterocycles. The molecule has 3 rings (SSSR count). The van der Waals surface area contributed by atoms with Crippen LogP contribution in [0.25, 0.3) is 11.6 Å². The average Bonchev–Trinajstić information content (AvgIpc) is 2.66. The molecule has 3 nitrogen and oxygen atoms in total. The fourth-order valence-corrected chi connectivity index (χ4v) is 3.37. The van der Waals surface area contributed by atoms with Crippen molar-refractivity contribution in [3.8, 4) is 5.75 Å². The number of carbonyl (C=O) groups is 1. The summed E-state index contributed by atoms with van der Waals surface area (Å²) >= 11 is 0. The number of hydrogen-bond donors (Lipinski definition) is 0. The second kappa shape index (κ2) is 8.02. The van der Waals surface area contributed by atoms with E-state index in [1.165, 1.54) is 6.42 Å². The molecule has 0 saturated carbocycles. The van der Waals surface area contributed by atoms with Gasteiger partial charge in [-0.1, -0.05) is 55.5 Å². The quantitative estimate of drug-likeness (QED) is 0.608. The molecule has 25 heavy (non-hydrogen) atoms. The van der Waals surface area contributed by atoms with Gasteiger partial charge < -0.3 is 9.64 Å². The van der Waals surface area contributed by atoms with Crippen LogP contribution in [0.1, 0.15) is 30.9 Å². The van der Waals surface area contributed by atoms with Gasteiger partial charge in [-0.2, -0.15) is 0 Å². The predicted molar refractivity (Wildman–Crippen MR) is 102 cm³/mol. The average molecular weight is 335 g/mol. The van der Waals surface area contributed by atoms with Crippen molar-refractivity contribution in [3.63, 3.8) is 0 Å². The molecule has 0 spiro atoms. The number of benzene rings is 2. The number of carbonyl (C=O) groups excluding carboxylic acids is 1. The van der Waals surface area contributed by atoms with Crippen molar-refractivity contribution in [2.45, 2.75) is 19.8 Å². The Bertz CT molecular complexity index is 752. The summed E-state index contributed by atoms with van der Waals surface area (Å²) in [6, 6.07) is 17.7. The Kier molecular flexibility index (Phi) is 5.54. The highest BCUT2D eigenvalue weighted by Gasteiger charge is 2.24. The monoisotopic (exact) mass is 335 g/mol. The van der Waals surface area contributed by atoms with E-state index in [0.29, 0.717) is 5.92 Å². The van der Waals surface area contributed by atoms with Gasteiger partial charge in [0.2, 0.25) is 0 Å². The molecule has 0 bridgehead atoms. The van der Waals surface area contributed by atoms with E-state index in [-0.39, 0.29) is 5.91 Å². The Balaban J connectivity index is 2.01. The summed E-state index contributed by atoms with van der Waals surface area (Å²) in [5, 5.41) is 0. The van der Waals surface area contributed by atoms with E-state index >= 15 is 0 Å². The van der Waals surface area contributed by atoms with E-state index in [2.05, 4.69) is 6.92 Å². The first-order chi connectivity index (χ1) is 12.2. The van der Waals surface area contributed by atoms with Crippen LogP contribution in [0.15, 0.2) is 54.6 Å². The van der Waals surface area contributed by atoms with Crippen LogP contribution in [0, 0.1) is 5.92 Å². The second-order valence-electron chi connectivity index (χ2n) is 6.66. The maximum absolute atomic E-state index is 13.3. The summed E-state index contributed by atoms with van der Waals surface area (Å²) in [7, 11) is 1.66. The van der Waals surface area contributed by atoms with Gasteiger partial charge >= 0.3 is 0 Å². The molecule has 130 valence electrons. The standard InChI is InChI=1S/C22H25NO2/c1-17-9-8-14-23(16-17)22(24)20(18-10-4-3-5-11-18)15-19-12-6-7-13-21(19)25-2/h3-7,10-13,15,17H,8-9,14,16H2,1-2H3/b20-15+. The molecule has 1 unspecified atom stereocenters. The normalized spacial score (nSPS) is 18.1. The lowest BCUT2D eigenvalue weighted by Gasteiger charge is -2.31. The Morgan fingerprint density at radius 1 is 1.12 bits per heavy atom. The lowest BCUT2D eigenvalue weighted by atomic mass is 9.96. The van der Waals surface area contributed by atoms with Crippen molar-refractivity contribution in [2.24, 2.45) is 5.92 Å². The molecule has 1 amide bonds. The van der Waals surface area contributed by atoms with Gasteiger partial charge in [0.1, 0.15) is 5.75 Å². The SMILES string of the molecule is COc1ccccc1/C=C(/C(=O)N1CCCC(C)C1)c1ccccc1. The van der Waals surface area contributed by atoms with Crippen molar-refractivity contribution in [1.29, 1.82) is 0 Å². The fourth-order valence-electron chi connectivity index (χ4n) is 3.37. The number of likely N-dealkylation sites (tertiary alicyclic amines) is 1. The van der Waals surface area contributed by atoms with Gasteiger partial charge in [-0.3, -0.25) is 4.79 Å². The summed E-state index contributed by atoms with van der Waals surface area (Å²) in [6.45, 7) is 3.87. The topological polar surface area (TPSA) is 29.5 Å². The molecule has 1 atom stereocenters. The van der Waals surface area contributed by atoms with Crippen LogP contribution >= 0.6 is 0 Å². The maximum Gasteiger partial charge on any atom is 0.254 e. The molecule has 1 heterocycles. The van der Waals surface area contributed by atoms with Crippen molar-refractivity contribution >= 4 is 17.6 Å². The van der Waals surface area contributed by atoms with E-state index in [1.54, 1.807) is 7.11 Å². The third-order valence-electron chi connectivity index (χ3n) is 4.70. The molecule has 3 heteroatoms. The minimum atomic E-state index is 0.101. The summed E-state index contributed by atoms with van der Waals surface area (Å²) in [4.78, 5) is 15.3. The minimum absolute atomic E-state index is 0.101. The third-order valence-corrected chi connectivity index (χ3v) is 4.70. The summed E-state index contributed by atoms with van der Waals surface area (Å²) in [5.74, 6) is 1.43. The highest BCUT2D eigenvalue weighted by Crippen LogP contribution is 2.27. The van der Waals surface area contributed by atoms with Crippen LogP contribution in [0.2, 0.25) is 0 Å². The Labute approximate surface area is 149 Å². The number of para-hydroxylation sites is 1. The zero-order valence-electron chi connectivity index (χ0n) is 14.9. The Hall–Kier alpha value is -2.55. The second-order valence-corrected chi connectivity index (χ2v) is 6.66. The summed E-state index contributed by atoms with van der Waals surface area (Å²) in [5.41, 5.74) is 2.58. The van der Waals surface area contributed by atoms with Gasteiger partial charge in [-0.25, -0.2) is 0 Å².